The molecule has 0 aliphatic rings. The van der Waals surface area contributed by atoms with Crippen molar-refractivity contribution in [2.75, 3.05) is 13.7 Å². The second-order valence-electron chi connectivity index (χ2n) is 5.66. The molecule has 1 atom stereocenters. The number of hydrogen-bond donors (Lipinski definition) is 2. The number of esters is 1. The molecule has 7 nitrogen and oxygen atoms in total. The lowest BCUT2D eigenvalue weighted by molar-refractivity contribution is -0.158. The summed E-state index contributed by atoms with van der Waals surface area (Å²) in [5, 5.41) is 4.19. The van der Waals surface area contributed by atoms with Crippen molar-refractivity contribution in [3.05, 3.63) is 65.7 Å². The lowest BCUT2D eigenvalue weighted by Gasteiger charge is -2.17. The molecular weight excluding hydrogens is 393 g/mol. The molecular formula is C19H17F3N2O5. The largest absolute Gasteiger partial charge is 0.482 e. The summed E-state index contributed by atoms with van der Waals surface area (Å²) in [6.07, 6.45) is -6.01. The molecule has 2 aromatic carbocycles. The molecule has 3 amide bonds. The first kappa shape index (κ1) is 21.7. The molecule has 10 heteroatoms. The summed E-state index contributed by atoms with van der Waals surface area (Å²) in [7, 11) is 1.30. The van der Waals surface area contributed by atoms with Gasteiger partial charge >= 0.3 is 18.2 Å². The molecule has 2 rings (SSSR count). The van der Waals surface area contributed by atoms with Crippen LogP contribution in [0.15, 0.2) is 54.6 Å². The number of nitrogens with one attached hydrogen (secondary N) is 2. The van der Waals surface area contributed by atoms with Gasteiger partial charge in [-0.15, -0.1) is 0 Å². The number of benzene rings is 2. The molecule has 0 aliphatic carbocycles. The smallest absolute Gasteiger partial charge is 0.416 e. The summed E-state index contributed by atoms with van der Waals surface area (Å²) in [6, 6.07) is 11.1. The third-order valence-electron chi connectivity index (χ3n) is 3.57. The maximum Gasteiger partial charge on any atom is 0.416 e. The van der Waals surface area contributed by atoms with E-state index in [2.05, 4.69) is 5.32 Å². The average molecular weight is 410 g/mol. The molecule has 0 saturated carbocycles. The van der Waals surface area contributed by atoms with E-state index in [-0.39, 0.29) is 5.75 Å². The molecule has 0 heterocycles. The topological polar surface area (TPSA) is 93.7 Å². The molecule has 0 saturated heterocycles. The van der Waals surface area contributed by atoms with Crippen LogP contribution in [0, 0.1) is 0 Å². The quantitative estimate of drug-likeness (QED) is 0.715. The van der Waals surface area contributed by atoms with Crippen LogP contribution in [0.3, 0.4) is 0 Å². The van der Waals surface area contributed by atoms with E-state index in [1.807, 2.05) is 5.32 Å². The minimum atomic E-state index is -4.56. The Morgan fingerprint density at radius 1 is 1.03 bits per heavy atom. The van der Waals surface area contributed by atoms with Crippen molar-refractivity contribution in [1.29, 1.82) is 0 Å². The van der Waals surface area contributed by atoms with Gasteiger partial charge in [0.1, 0.15) is 5.75 Å². The van der Waals surface area contributed by atoms with E-state index in [1.165, 1.54) is 25.2 Å². The van der Waals surface area contributed by atoms with Crippen molar-refractivity contribution >= 4 is 17.9 Å². The van der Waals surface area contributed by atoms with Gasteiger partial charge in [0.25, 0.3) is 5.91 Å². The maximum atomic E-state index is 12.7. The minimum Gasteiger partial charge on any atom is -0.482 e. The van der Waals surface area contributed by atoms with Crippen molar-refractivity contribution in [2.45, 2.75) is 12.3 Å². The predicted octanol–water partition coefficient (Wildman–Crippen LogP) is 2.82. The van der Waals surface area contributed by atoms with Gasteiger partial charge in [-0.3, -0.25) is 10.1 Å². The highest BCUT2D eigenvalue weighted by Crippen LogP contribution is 2.31. The minimum absolute atomic E-state index is 0.192. The van der Waals surface area contributed by atoms with E-state index in [1.54, 1.807) is 18.2 Å². The Morgan fingerprint density at radius 3 is 2.34 bits per heavy atom. The number of carbonyl (C=O) groups excluding carboxylic acids is 3. The highest BCUT2D eigenvalue weighted by atomic mass is 19.4. The third kappa shape index (κ3) is 6.52. The molecule has 0 aromatic heterocycles. The monoisotopic (exact) mass is 410 g/mol. The number of halogens is 3. The summed E-state index contributed by atoms with van der Waals surface area (Å²) in [4.78, 5) is 35.7. The first-order chi connectivity index (χ1) is 13.7. The zero-order valence-electron chi connectivity index (χ0n) is 15.2. The second-order valence-corrected chi connectivity index (χ2v) is 5.66. The van der Waals surface area contributed by atoms with E-state index in [4.69, 9.17) is 9.47 Å². The van der Waals surface area contributed by atoms with Gasteiger partial charge in [-0.25, -0.2) is 9.59 Å². The molecule has 0 bridgehead atoms. The fourth-order valence-corrected chi connectivity index (χ4v) is 2.21. The standard InChI is InChI=1S/C19H17F3N2O5/c1-23-18(27)24-17(26)16(12-6-3-2-4-7-12)29-15(25)11-28-14-9-5-8-13(10-14)19(20,21)22/h2-10,16H,11H2,1H3,(H2,23,24,26,27)/t16-/m1/s1. The number of urea groups is 1. The fourth-order valence-electron chi connectivity index (χ4n) is 2.21. The maximum absolute atomic E-state index is 12.7. The van der Waals surface area contributed by atoms with Crippen LogP contribution in [-0.2, 0) is 20.5 Å². The highest BCUT2D eigenvalue weighted by Gasteiger charge is 2.31. The van der Waals surface area contributed by atoms with Crippen molar-refractivity contribution < 1.29 is 37.0 Å². The number of alkyl halides is 3. The van der Waals surface area contributed by atoms with Gasteiger partial charge in [0.2, 0.25) is 6.10 Å². The Balaban J connectivity index is 2.06. The number of carbonyl (C=O) groups is 3. The van der Waals surface area contributed by atoms with Gasteiger partial charge in [0.15, 0.2) is 6.61 Å². The van der Waals surface area contributed by atoms with E-state index < -0.39 is 42.4 Å². The van der Waals surface area contributed by atoms with Crippen molar-refractivity contribution in [3.8, 4) is 5.75 Å². The normalized spacial score (nSPS) is 11.9. The number of hydrogen-bond acceptors (Lipinski definition) is 5. The van der Waals surface area contributed by atoms with E-state index in [9.17, 15) is 27.6 Å². The zero-order valence-corrected chi connectivity index (χ0v) is 15.2. The van der Waals surface area contributed by atoms with Gasteiger partial charge in [-0.05, 0) is 18.2 Å². The van der Waals surface area contributed by atoms with E-state index in [0.29, 0.717) is 5.56 Å². The SMILES string of the molecule is CNC(=O)NC(=O)[C@H](OC(=O)COc1cccc(C(F)(F)F)c1)c1ccccc1. The van der Waals surface area contributed by atoms with Crippen molar-refractivity contribution in [3.63, 3.8) is 0 Å². The average Bonchev–Trinajstić information content (AvgIpc) is 2.70. The number of amides is 3. The molecule has 29 heavy (non-hydrogen) atoms. The molecule has 0 aliphatic heterocycles. The van der Waals surface area contributed by atoms with Crippen LogP contribution in [0.4, 0.5) is 18.0 Å². The summed E-state index contributed by atoms with van der Waals surface area (Å²) < 4.78 is 48.3. The van der Waals surface area contributed by atoms with Crippen LogP contribution in [0.2, 0.25) is 0 Å². The van der Waals surface area contributed by atoms with Crippen molar-refractivity contribution in [2.24, 2.45) is 0 Å². The van der Waals surface area contributed by atoms with E-state index >= 15 is 0 Å². The van der Waals surface area contributed by atoms with Crippen LogP contribution >= 0.6 is 0 Å². The molecule has 0 fully saturated rings. The number of imide groups is 1. The Labute approximate surface area is 163 Å². The molecule has 0 spiro atoms. The first-order valence-corrected chi connectivity index (χ1v) is 8.27. The lowest BCUT2D eigenvalue weighted by atomic mass is 10.1. The van der Waals surface area contributed by atoms with Crippen LogP contribution in [0.25, 0.3) is 0 Å². The summed E-state index contributed by atoms with van der Waals surface area (Å²) in [5.74, 6) is -2.10. The molecule has 0 unspecified atom stereocenters. The van der Waals surface area contributed by atoms with Crippen LogP contribution in [-0.4, -0.2) is 31.6 Å². The van der Waals surface area contributed by atoms with Gasteiger partial charge in [-0.1, -0.05) is 36.4 Å². The Morgan fingerprint density at radius 2 is 1.72 bits per heavy atom. The van der Waals surface area contributed by atoms with Crippen LogP contribution in [0.5, 0.6) is 5.75 Å². The summed E-state index contributed by atoms with van der Waals surface area (Å²) >= 11 is 0. The van der Waals surface area contributed by atoms with Gasteiger partial charge in [0, 0.05) is 12.6 Å². The van der Waals surface area contributed by atoms with Gasteiger partial charge < -0.3 is 14.8 Å². The summed E-state index contributed by atoms with van der Waals surface area (Å²) in [5.41, 5.74) is -0.642. The summed E-state index contributed by atoms with van der Waals surface area (Å²) in [6.45, 7) is -0.738. The molecule has 2 N–H and O–H groups in total. The molecule has 2 aromatic rings. The molecule has 0 radical (unpaired) electrons. The zero-order chi connectivity index (χ0) is 21.4. The second kappa shape index (κ2) is 9.58. The Kier molecular flexibility index (Phi) is 7.18. The number of ether oxygens (including phenoxy) is 2. The molecule has 154 valence electrons. The lowest BCUT2D eigenvalue weighted by Crippen LogP contribution is -2.41. The van der Waals surface area contributed by atoms with Gasteiger partial charge in [0.05, 0.1) is 5.56 Å². The predicted molar refractivity (Wildman–Crippen MR) is 94.8 cm³/mol. The first-order valence-electron chi connectivity index (χ1n) is 8.27. The number of rotatable bonds is 6. The van der Waals surface area contributed by atoms with Gasteiger partial charge in [-0.2, -0.15) is 13.2 Å². The van der Waals surface area contributed by atoms with E-state index in [0.717, 1.165) is 18.2 Å². The fraction of sp³-hybridized carbons (Fsp3) is 0.211. The van der Waals surface area contributed by atoms with Crippen molar-refractivity contribution in [1.82, 2.24) is 10.6 Å². The van der Waals surface area contributed by atoms with Crippen LogP contribution < -0.4 is 15.4 Å². The Hall–Kier alpha value is -3.56. The van der Waals surface area contributed by atoms with Crippen LogP contribution in [0.1, 0.15) is 17.2 Å². The Bertz CT molecular complexity index is 872. The highest BCUT2D eigenvalue weighted by molar-refractivity contribution is 5.97. The third-order valence-corrected chi connectivity index (χ3v) is 3.57.